The molecule has 28 heavy (non-hydrogen) atoms. The van der Waals surface area contributed by atoms with Gasteiger partial charge in [-0.15, -0.1) is 0 Å². The summed E-state index contributed by atoms with van der Waals surface area (Å²) in [4.78, 5) is 13.8. The van der Waals surface area contributed by atoms with Gasteiger partial charge >= 0.3 is 0 Å². The fourth-order valence-corrected chi connectivity index (χ4v) is 4.02. The standard InChI is InChI=1S/C21H29N5O2/c27-19-3-1-17(2-4-19)5-8-22-20-15-21(24-16-23-20)26-9-6-18(7-10-26)25-11-13-28-14-12-25/h1-4,15-16,18,27H,5-14H2,(H,22,23,24). The molecule has 0 spiro atoms. The van der Waals surface area contributed by atoms with Crippen molar-refractivity contribution in [3.63, 3.8) is 0 Å². The molecule has 2 fully saturated rings. The van der Waals surface area contributed by atoms with Gasteiger partial charge in [0.15, 0.2) is 0 Å². The number of nitrogens with zero attached hydrogens (tertiary/aromatic N) is 4. The smallest absolute Gasteiger partial charge is 0.134 e. The Morgan fingerprint density at radius 1 is 1.04 bits per heavy atom. The van der Waals surface area contributed by atoms with Gasteiger partial charge < -0.3 is 20.1 Å². The second-order valence-corrected chi connectivity index (χ2v) is 7.47. The van der Waals surface area contributed by atoms with E-state index in [-0.39, 0.29) is 0 Å². The lowest BCUT2D eigenvalue weighted by Gasteiger charge is -2.40. The lowest BCUT2D eigenvalue weighted by Crippen LogP contribution is -2.49. The van der Waals surface area contributed by atoms with Crippen LogP contribution in [0.3, 0.4) is 0 Å². The summed E-state index contributed by atoms with van der Waals surface area (Å²) in [5.41, 5.74) is 1.18. The van der Waals surface area contributed by atoms with Crippen LogP contribution < -0.4 is 10.2 Å². The molecular formula is C21H29N5O2. The van der Waals surface area contributed by atoms with Crippen LogP contribution in [0.5, 0.6) is 5.75 Å². The molecule has 1 aromatic heterocycles. The number of nitrogens with one attached hydrogen (secondary N) is 1. The monoisotopic (exact) mass is 383 g/mol. The van der Waals surface area contributed by atoms with E-state index in [1.165, 1.54) is 18.4 Å². The maximum Gasteiger partial charge on any atom is 0.134 e. The summed E-state index contributed by atoms with van der Waals surface area (Å²) in [6.07, 6.45) is 4.87. The predicted molar refractivity (Wildman–Crippen MR) is 110 cm³/mol. The van der Waals surface area contributed by atoms with Crippen LogP contribution in [0.2, 0.25) is 0 Å². The Labute approximate surface area is 166 Å². The van der Waals surface area contributed by atoms with Gasteiger partial charge in [-0.3, -0.25) is 4.90 Å². The zero-order chi connectivity index (χ0) is 19.2. The van der Waals surface area contributed by atoms with Crippen molar-refractivity contribution >= 4 is 11.6 Å². The third kappa shape index (κ3) is 4.91. The van der Waals surface area contributed by atoms with E-state index in [4.69, 9.17) is 4.74 Å². The maximum absolute atomic E-state index is 9.36. The SMILES string of the molecule is Oc1ccc(CCNc2cc(N3CCC(N4CCOCC4)CC3)ncn2)cc1. The Bertz CT molecular complexity index is 741. The summed E-state index contributed by atoms with van der Waals surface area (Å²) >= 11 is 0. The molecular weight excluding hydrogens is 354 g/mol. The summed E-state index contributed by atoms with van der Waals surface area (Å²) in [7, 11) is 0. The van der Waals surface area contributed by atoms with E-state index in [1.807, 2.05) is 18.2 Å². The minimum absolute atomic E-state index is 0.301. The van der Waals surface area contributed by atoms with Gasteiger partial charge in [0.05, 0.1) is 13.2 Å². The number of piperidine rings is 1. The summed E-state index contributed by atoms with van der Waals surface area (Å²) < 4.78 is 5.47. The summed E-state index contributed by atoms with van der Waals surface area (Å²) in [5.74, 6) is 2.16. The molecule has 150 valence electrons. The second-order valence-electron chi connectivity index (χ2n) is 7.47. The van der Waals surface area contributed by atoms with E-state index in [0.29, 0.717) is 11.8 Å². The zero-order valence-electron chi connectivity index (χ0n) is 16.3. The average Bonchev–Trinajstić information content (AvgIpc) is 2.76. The van der Waals surface area contributed by atoms with Crippen molar-refractivity contribution in [2.75, 3.05) is 56.2 Å². The molecule has 2 aliphatic heterocycles. The molecule has 0 aliphatic carbocycles. The van der Waals surface area contributed by atoms with Crippen LogP contribution in [0.15, 0.2) is 36.7 Å². The Balaban J connectivity index is 1.27. The number of benzene rings is 1. The molecule has 7 nitrogen and oxygen atoms in total. The van der Waals surface area contributed by atoms with E-state index < -0.39 is 0 Å². The number of aromatic nitrogens is 2. The van der Waals surface area contributed by atoms with Crippen LogP contribution in [0, 0.1) is 0 Å². The number of aromatic hydroxyl groups is 1. The Morgan fingerprint density at radius 3 is 2.54 bits per heavy atom. The van der Waals surface area contributed by atoms with E-state index in [1.54, 1.807) is 18.5 Å². The van der Waals surface area contributed by atoms with Gasteiger partial charge in [0.1, 0.15) is 23.7 Å². The predicted octanol–water partition coefficient (Wildman–Crippen LogP) is 2.14. The molecule has 0 amide bonds. The van der Waals surface area contributed by atoms with Crippen LogP contribution in [-0.2, 0) is 11.2 Å². The first-order valence-electron chi connectivity index (χ1n) is 10.2. The van der Waals surface area contributed by atoms with Crippen LogP contribution in [0.1, 0.15) is 18.4 Å². The highest BCUT2D eigenvalue weighted by Crippen LogP contribution is 2.23. The zero-order valence-corrected chi connectivity index (χ0v) is 16.3. The Hall–Kier alpha value is -2.38. The first-order valence-corrected chi connectivity index (χ1v) is 10.2. The lowest BCUT2D eigenvalue weighted by molar-refractivity contribution is 0.0115. The first kappa shape index (κ1) is 19.0. The van der Waals surface area contributed by atoms with Crippen molar-refractivity contribution in [3.8, 4) is 5.75 Å². The normalized spacial score (nSPS) is 18.9. The van der Waals surface area contributed by atoms with Crippen molar-refractivity contribution < 1.29 is 9.84 Å². The van der Waals surface area contributed by atoms with Crippen molar-refractivity contribution in [2.24, 2.45) is 0 Å². The fourth-order valence-electron chi connectivity index (χ4n) is 4.02. The summed E-state index contributed by atoms with van der Waals surface area (Å²) in [6.45, 7) is 6.72. The summed E-state index contributed by atoms with van der Waals surface area (Å²) in [5, 5.41) is 12.7. The third-order valence-electron chi connectivity index (χ3n) is 5.66. The number of anilines is 2. The molecule has 0 saturated carbocycles. The van der Waals surface area contributed by atoms with Crippen molar-refractivity contribution in [3.05, 3.63) is 42.2 Å². The number of hydrogen-bond donors (Lipinski definition) is 2. The first-order chi connectivity index (χ1) is 13.8. The Kier molecular flexibility index (Phi) is 6.24. The van der Waals surface area contributed by atoms with Crippen LogP contribution in [-0.4, -0.2) is 72.0 Å². The van der Waals surface area contributed by atoms with E-state index in [9.17, 15) is 5.11 Å². The van der Waals surface area contributed by atoms with Crippen LogP contribution in [0.25, 0.3) is 0 Å². The summed E-state index contributed by atoms with van der Waals surface area (Å²) in [6, 6.07) is 10.1. The molecule has 0 bridgehead atoms. The minimum atomic E-state index is 0.301. The molecule has 0 atom stereocenters. The number of ether oxygens (including phenoxy) is 1. The third-order valence-corrected chi connectivity index (χ3v) is 5.66. The molecule has 3 heterocycles. The molecule has 2 N–H and O–H groups in total. The molecule has 4 rings (SSSR count). The van der Waals surface area contributed by atoms with Crippen LogP contribution >= 0.6 is 0 Å². The molecule has 2 aliphatic rings. The second kappa shape index (κ2) is 9.21. The van der Waals surface area contributed by atoms with E-state index >= 15 is 0 Å². The van der Waals surface area contributed by atoms with Gasteiger partial charge in [-0.05, 0) is 37.0 Å². The number of phenolic OH excluding ortho intramolecular Hbond substituents is 1. The number of morpholine rings is 1. The largest absolute Gasteiger partial charge is 0.508 e. The van der Waals surface area contributed by atoms with E-state index in [0.717, 1.165) is 64.0 Å². The van der Waals surface area contributed by atoms with Gasteiger partial charge in [0, 0.05) is 44.8 Å². The number of hydrogen-bond acceptors (Lipinski definition) is 7. The quantitative estimate of drug-likeness (QED) is 0.792. The number of rotatable bonds is 6. The fraction of sp³-hybridized carbons (Fsp3) is 0.524. The van der Waals surface area contributed by atoms with Crippen molar-refractivity contribution in [1.82, 2.24) is 14.9 Å². The highest BCUT2D eigenvalue weighted by Gasteiger charge is 2.26. The van der Waals surface area contributed by atoms with E-state index in [2.05, 4.69) is 25.1 Å². The van der Waals surface area contributed by atoms with Gasteiger partial charge in [-0.1, -0.05) is 12.1 Å². The molecule has 1 aromatic carbocycles. The highest BCUT2D eigenvalue weighted by molar-refractivity contribution is 5.48. The van der Waals surface area contributed by atoms with Gasteiger partial charge in [-0.2, -0.15) is 0 Å². The van der Waals surface area contributed by atoms with Crippen molar-refractivity contribution in [1.29, 1.82) is 0 Å². The van der Waals surface area contributed by atoms with Gasteiger partial charge in [-0.25, -0.2) is 9.97 Å². The van der Waals surface area contributed by atoms with Crippen molar-refractivity contribution in [2.45, 2.75) is 25.3 Å². The van der Waals surface area contributed by atoms with Gasteiger partial charge in [0.2, 0.25) is 0 Å². The molecule has 2 aromatic rings. The molecule has 0 unspecified atom stereocenters. The maximum atomic E-state index is 9.36. The Morgan fingerprint density at radius 2 is 1.79 bits per heavy atom. The molecule has 7 heteroatoms. The van der Waals surface area contributed by atoms with Crippen LogP contribution in [0.4, 0.5) is 11.6 Å². The topological polar surface area (TPSA) is 73.8 Å². The van der Waals surface area contributed by atoms with Gasteiger partial charge in [0.25, 0.3) is 0 Å². The highest BCUT2D eigenvalue weighted by atomic mass is 16.5. The average molecular weight is 383 g/mol. The molecule has 0 radical (unpaired) electrons. The lowest BCUT2D eigenvalue weighted by atomic mass is 10.0. The number of phenols is 1. The molecule has 2 saturated heterocycles. The minimum Gasteiger partial charge on any atom is -0.508 e.